The quantitative estimate of drug-likeness (QED) is 0.720. The van der Waals surface area contributed by atoms with Crippen molar-refractivity contribution in [2.75, 3.05) is 13.1 Å². The SMILES string of the molecule is Cc1ccccc1C(=O)N1C[C@H](c2nc(-c3ccccc3)no2)[C@@H](C)C1. The smallest absolute Gasteiger partial charge is 0.254 e. The van der Waals surface area contributed by atoms with Gasteiger partial charge in [-0.1, -0.05) is 60.6 Å². The van der Waals surface area contributed by atoms with Crippen LogP contribution < -0.4 is 0 Å². The van der Waals surface area contributed by atoms with Crippen molar-refractivity contribution in [3.05, 3.63) is 71.6 Å². The maximum Gasteiger partial charge on any atom is 0.254 e. The molecule has 132 valence electrons. The minimum atomic E-state index is 0.0629. The molecule has 1 aliphatic rings. The van der Waals surface area contributed by atoms with E-state index in [2.05, 4.69) is 17.1 Å². The fraction of sp³-hybridized carbons (Fsp3) is 0.286. The zero-order chi connectivity index (χ0) is 18.1. The number of amides is 1. The molecule has 3 aromatic rings. The van der Waals surface area contributed by atoms with Crippen LogP contribution in [0.5, 0.6) is 0 Å². The molecule has 1 amide bonds. The normalized spacial score (nSPS) is 19.7. The van der Waals surface area contributed by atoms with Crippen molar-refractivity contribution in [1.29, 1.82) is 0 Å². The van der Waals surface area contributed by atoms with Gasteiger partial charge in [0.25, 0.3) is 5.91 Å². The van der Waals surface area contributed by atoms with Gasteiger partial charge in [-0.3, -0.25) is 4.79 Å². The molecule has 0 spiro atoms. The molecule has 1 saturated heterocycles. The number of hydrogen-bond acceptors (Lipinski definition) is 4. The largest absolute Gasteiger partial charge is 0.339 e. The summed E-state index contributed by atoms with van der Waals surface area (Å²) in [6.07, 6.45) is 0. The van der Waals surface area contributed by atoms with Gasteiger partial charge < -0.3 is 9.42 Å². The number of aryl methyl sites for hydroxylation is 1. The van der Waals surface area contributed by atoms with Crippen molar-refractivity contribution in [2.24, 2.45) is 5.92 Å². The molecule has 4 rings (SSSR count). The van der Waals surface area contributed by atoms with Gasteiger partial charge in [0.15, 0.2) is 0 Å². The number of carbonyl (C=O) groups excluding carboxylic acids is 1. The molecule has 5 nitrogen and oxygen atoms in total. The van der Waals surface area contributed by atoms with Crippen LogP contribution in [0.4, 0.5) is 0 Å². The number of carbonyl (C=O) groups is 1. The van der Waals surface area contributed by atoms with Crippen LogP contribution in [-0.2, 0) is 0 Å². The van der Waals surface area contributed by atoms with Crippen molar-refractivity contribution in [1.82, 2.24) is 15.0 Å². The summed E-state index contributed by atoms with van der Waals surface area (Å²) in [6, 6.07) is 17.5. The van der Waals surface area contributed by atoms with Crippen LogP contribution in [0.25, 0.3) is 11.4 Å². The highest BCUT2D eigenvalue weighted by atomic mass is 16.5. The molecule has 0 radical (unpaired) electrons. The molecule has 0 N–H and O–H groups in total. The van der Waals surface area contributed by atoms with Gasteiger partial charge >= 0.3 is 0 Å². The Kier molecular flexibility index (Phi) is 4.29. The number of nitrogens with zero attached hydrogens (tertiary/aromatic N) is 3. The monoisotopic (exact) mass is 347 g/mol. The summed E-state index contributed by atoms with van der Waals surface area (Å²) in [5.74, 6) is 1.60. The van der Waals surface area contributed by atoms with Crippen LogP contribution in [0.15, 0.2) is 59.1 Å². The third-order valence-corrected chi connectivity index (χ3v) is 5.07. The first-order chi connectivity index (χ1) is 12.6. The van der Waals surface area contributed by atoms with E-state index >= 15 is 0 Å². The summed E-state index contributed by atoms with van der Waals surface area (Å²) < 4.78 is 5.53. The van der Waals surface area contributed by atoms with Gasteiger partial charge in [-0.05, 0) is 24.5 Å². The van der Waals surface area contributed by atoms with E-state index in [9.17, 15) is 4.79 Å². The second kappa shape index (κ2) is 6.75. The Morgan fingerprint density at radius 1 is 1.08 bits per heavy atom. The highest BCUT2D eigenvalue weighted by Gasteiger charge is 2.37. The fourth-order valence-corrected chi connectivity index (χ4v) is 3.53. The molecular weight excluding hydrogens is 326 g/mol. The third kappa shape index (κ3) is 3.01. The summed E-state index contributed by atoms with van der Waals surface area (Å²) in [7, 11) is 0. The van der Waals surface area contributed by atoms with Crippen LogP contribution in [0.1, 0.15) is 34.7 Å². The van der Waals surface area contributed by atoms with Gasteiger partial charge in [0.1, 0.15) is 0 Å². The van der Waals surface area contributed by atoms with Gasteiger partial charge in [0.2, 0.25) is 11.7 Å². The molecule has 0 bridgehead atoms. The van der Waals surface area contributed by atoms with Crippen molar-refractivity contribution in [3.63, 3.8) is 0 Å². The predicted molar refractivity (Wildman–Crippen MR) is 98.7 cm³/mol. The first kappa shape index (κ1) is 16.5. The van der Waals surface area contributed by atoms with Gasteiger partial charge in [-0.15, -0.1) is 0 Å². The number of hydrogen-bond donors (Lipinski definition) is 0. The molecule has 2 aromatic carbocycles. The Morgan fingerprint density at radius 2 is 1.81 bits per heavy atom. The second-order valence-corrected chi connectivity index (χ2v) is 6.93. The highest BCUT2D eigenvalue weighted by Crippen LogP contribution is 2.33. The standard InChI is InChI=1S/C21H21N3O2/c1-14-8-6-7-11-17(14)21(25)24-12-15(2)18(13-24)20-22-19(23-26-20)16-9-4-3-5-10-16/h3-11,15,18H,12-13H2,1-2H3/t15-,18-/m0/s1. The summed E-state index contributed by atoms with van der Waals surface area (Å²) >= 11 is 0. The van der Waals surface area contributed by atoms with Crippen molar-refractivity contribution in [2.45, 2.75) is 19.8 Å². The molecule has 5 heteroatoms. The molecule has 0 saturated carbocycles. The lowest BCUT2D eigenvalue weighted by atomic mass is 9.98. The molecule has 1 fully saturated rings. The predicted octanol–water partition coefficient (Wildman–Crippen LogP) is 3.92. The number of likely N-dealkylation sites (tertiary alicyclic amines) is 1. The van der Waals surface area contributed by atoms with Crippen molar-refractivity contribution < 1.29 is 9.32 Å². The van der Waals surface area contributed by atoms with E-state index in [-0.39, 0.29) is 17.7 Å². The average molecular weight is 347 g/mol. The van der Waals surface area contributed by atoms with Crippen LogP contribution in [0, 0.1) is 12.8 Å². The summed E-state index contributed by atoms with van der Waals surface area (Å²) in [4.78, 5) is 19.4. The van der Waals surface area contributed by atoms with E-state index in [1.54, 1.807) is 0 Å². The Bertz CT molecular complexity index is 920. The van der Waals surface area contributed by atoms with Crippen molar-refractivity contribution >= 4 is 5.91 Å². The maximum atomic E-state index is 12.9. The minimum Gasteiger partial charge on any atom is -0.339 e. The molecule has 1 aromatic heterocycles. The van der Waals surface area contributed by atoms with Crippen LogP contribution in [0.2, 0.25) is 0 Å². The van der Waals surface area contributed by atoms with Gasteiger partial charge in [-0.25, -0.2) is 0 Å². The lowest BCUT2D eigenvalue weighted by Gasteiger charge is -2.17. The number of benzene rings is 2. The average Bonchev–Trinajstić information content (AvgIpc) is 3.29. The Balaban J connectivity index is 1.54. The van der Waals surface area contributed by atoms with Crippen LogP contribution in [0.3, 0.4) is 0 Å². The molecule has 1 aliphatic heterocycles. The Labute approximate surface area is 152 Å². The lowest BCUT2D eigenvalue weighted by Crippen LogP contribution is -2.29. The zero-order valence-electron chi connectivity index (χ0n) is 14.9. The molecule has 26 heavy (non-hydrogen) atoms. The zero-order valence-corrected chi connectivity index (χ0v) is 14.9. The Hall–Kier alpha value is -2.95. The molecule has 2 heterocycles. The van der Waals surface area contributed by atoms with Crippen LogP contribution in [-0.4, -0.2) is 34.0 Å². The summed E-state index contributed by atoms with van der Waals surface area (Å²) in [5.41, 5.74) is 2.69. The van der Waals surface area contributed by atoms with Crippen molar-refractivity contribution in [3.8, 4) is 11.4 Å². The third-order valence-electron chi connectivity index (χ3n) is 5.07. The summed E-state index contributed by atoms with van der Waals surface area (Å²) in [5, 5.41) is 4.12. The Morgan fingerprint density at radius 3 is 2.58 bits per heavy atom. The van der Waals surface area contributed by atoms with Gasteiger partial charge in [0.05, 0.1) is 5.92 Å². The van der Waals surface area contributed by atoms with E-state index < -0.39 is 0 Å². The first-order valence-corrected chi connectivity index (χ1v) is 8.87. The van der Waals surface area contributed by atoms with Gasteiger partial charge in [0, 0.05) is 24.2 Å². The minimum absolute atomic E-state index is 0.0629. The van der Waals surface area contributed by atoms with E-state index in [4.69, 9.17) is 4.52 Å². The number of rotatable bonds is 3. The van der Waals surface area contributed by atoms with E-state index in [1.807, 2.05) is 66.4 Å². The number of aromatic nitrogens is 2. The van der Waals surface area contributed by atoms with Gasteiger partial charge in [-0.2, -0.15) is 4.98 Å². The van der Waals surface area contributed by atoms with Crippen LogP contribution >= 0.6 is 0 Å². The van der Waals surface area contributed by atoms with E-state index in [1.165, 1.54) is 0 Å². The summed E-state index contributed by atoms with van der Waals surface area (Å²) in [6.45, 7) is 5.39. The lowest BCUT2D eigenvalue weighted by molar-refractivity contribution is 0.0785. The molecular formula is C21H21N3O2. The van der Waals surface area contributed by atoms with E-state index in [0.29, 0.717) is 24.8 Å². The molecule has 0 unspecified atom stereocenters. The highest BCUT2D eigenvalue weighted by molar-refractivity contribution is 5.95. The maximum absolute atomic E-state index is 12.9. The topological polar surface area (TPSA) is 59.2 Å². The van der Waals surface area contributed by atoms with E-state index in [0.717, 1.165) is 16.7 Å². The second-order valence-electron chi connectivity index (χ2n) is 6.93. The molecule has 0 aliphatic carbocycles. The fourth-order valence-electron chi connectivity index (χ4n) is 3.53. The first-order valence-electron chi connectivity index (χ1n) is 8.87. The molecule has 2 atom stereocenters.